The van der Waals surface area contributed by atoms with Crippen molar-refractivity contribution in [2.45, 2.75) is 0 Å². The second kappa shape index (κ2) is 9.91. The molecular formula is C25H26N3O3+. The van der Waals surface area contributed by atoms with Crippen molar-refractivity contribution >= 4 is 17.5 Å². The Bertz CT molecular complexity index is 1020. The molecular weight excluding hydrogens is 390 g/mol. The molecule has 0 radical (unpaired) electrons. The number of hydrogen-bond acceptors (Lipinski definition) is 3. The van der Waals surface area contributed by atoms with Gasteiger partial charge in [-0.15, -0.1) is 0 Å². The second-order valence-corrected chi connectivity index (χ2v) is 7.54. The zero-order chi connectivity index (χ0) is 21.5. The Hall–Kier alpha value is -3.64. The van der Waals surface area contributed by atoms with Crippen LogP contribution in [0.3, 0.4) is 0 Å². The third kappa shape index (κ3) is 5.49. The highest BCUT2D eigenvalue weighted by Crippen LogP contribution is 2.28. The molecule has 6 nitrogen and oxygen atoms in total. The van der Waals surface area contributed by atoms with Gasteiger partial charge in [0.1, 0.15) is 5.75 Å². The first-order valence-electron chi connectivity index (χ1n) is 10.5. The number of piperazine rings is 1. The Balaban J connectivity index is 1.30. The van der Waals surface area contributed by atoms with E-state index >= 15 is 0 Å². The van der Waals surface area contributed by atoms with E-state index in [1.54, 1.807) is 0 Å². The molecule has 0 saturated carbocycles. The van der Waals surface area contributed by atoms with Gasteiger partial charge in [0.15, 0.2) is 12.3 Å². The fraction of sp³-hybridized carbons (Fsp3) is 0.200. The number of benzene rings is 3. The number of para-hydroxylation sites is 3. The van der Waals surface area contributed by atoms with Crippen molar-refractivity contribution in [2.75, 3.05) is 38.0 Å². The number of nitrogens with zero attached hydrogens (tertiary/aromatic N) is 1. The number of ether oxygens (including phenoxy) is 1. The van der Waals surface area contributed by atoms with Crippen LogP contribution in [0.1, 0.15) is 10.4 Å². The number of anilines is 1. The maximum absolute atomic E-state index is 12.7. The molecule has 0 aliphatic carbocycles. The van der Waals surface area contributed by atoms with Crippen LogP contribution in [0, 0.1) is 0 Å². The lowest BCUT2D eigenvalue weighted by molar-refractivity contribution is -0.895. The summed E-state index contributed by atoms with van der Waals surface area (Å²) in [6.07, 6.45) is 0. The molecule has 2 N–H and O–H groups in total. The number of amides is 2. The highest BCUT2D eigenvalue weighted by molar-refractivity contribution is 5.94. The maximum atomic E-state index is 12.7. The van der Waals surface area contributed by atoms with Gasteiger partial charge in [-0.1, -0.05) is 48.5 Å². The van der Waals surface area contributed by atoms with Gasteiger partial charge in [0.25, 0.3) is 11.8 Å². The third-order valence-electron chi connectivity index (χ3n) is 5.32. The number of quaternary nitrogens is 1. The third-order valence-corrected chi connectivity index (χ3v) is 5.32. The molecule has 31 heavy (non-hydrogen) atoms. The molecule has 158 valence electrons. The molecule has 0 atom stereocenters. The molecule has 1 fully saturated rings. The summed E-state index contributed by atoms with van der Waals surface area (Å²) >= 11 is 0. The number of hydrogen-bond donors (Lipinski definition) is 2. The Morgan fingerprint density at radius 2 is 1.45 bits per heavy atom. The summed E-state index contributed by atoms with van der Waals surface area (Å²) in [5.74, 6) is 1.31. The fourth-order valence-corrected chi connectivity index (χ4v) is 3.66. The van der Waals surface area contributed by atoms with Crippen molar-refractivity contribution in [2.24, 2.45) is 0 Å². The molecule has 2 amide bonds. The quantitative estimate of drug-likeness (QED) is 0.649. The molecule has 6 heteroatoms. The van der Waals surface area contributed by atoms with E-state index in [2.05, 4.69) is 5.32 Å². The highest BCUT2D eigenvalue weighted by atomic mass is 16.5. The maximum Gasteiger partial charge on any atom is 0.279 e. The highest BCUT2D eigenvalue weighted by Gasteiger charge is 2.26. The lowest BCUT2D eigenvalue weighted by Crippen LogP contribution is -3.15. The summed E-state index contributed by atoms with van der Waals surface area (Å²) in [7, 11) is 0. The van der Waals surface area contributed by atoms with Crippen LogP contribution in [0.4, 0.5) is 5.69 Å². The van der Waals surface area contributed by atoms with Crippen molar-refractivity contribution in [3.05, 3.63) is 90.5 Å². The summed E-state index contributed by atoms with van der Waals surface area (Å²) < 4.78 is 5.92. The minimum absolute atomic E-state index is 0.0519. The average molecular weight is 417 g/mol. The molecule has 3 aromatic rings. The molecule has 3 aromatic carbocycles. The van der Waals surface area contributed by atoms with Crippen LogP contribution in [0.25, 0.3) is 0 Å². The molecule has 1 saturated heterocycles. The molecule has 0 spiro atoms. The van der Waals surface area contributed by atoms with Crippen molar-refractivity contribution in [1.82, 2.24) is 4.90 Å². The summed E-state index contributed by atoms with van der Waals surface area (Å²) in [6, 6.07) is 26.2. The van der Waals surface area contributed by atoms with Gasteiger partial charge in [0.05, 0.1) is 31.9 Å². The molecule has 0 bridgehead atoms. The van der Waals surface area contributed by atoms with E-state index in [1.807, 2.05) is 89.8 Å². The summed E-state index contributed by atoms with van der Waals surface area (Å²) in [5, 5.41) is 2.97. The van der Waals surface area contributed by atoms with Gasteiger partial charge < -0.3 is 19.9 Å². The summed E-state index contributed by atoms with van der Waals surface area (Å²) in [5.41, 5.74) is 1.35. The number of rotatable bonds is 6. The largest absolute Gasteiger partial charge is 0.455 e. The van der Waals surface area contributed by atoms with E-state index in [-0.39, 0.29) is 11.8 Å². The SMILES string of the molecule is O=C(C[NH+]1CCN(C(=O)c2ccccc2)CC1)Nc1ccccc1Oc1ccccc1. The van der Waals surface area contributed by atoms with Crippen molar-refractivity contribution in [3.63, 3.8) is 0 Å². The van der Waals surface area contributed by atoms with Gasteiger partial charge in [-0.05, 0) is 36.4 Å². The predicted molar refractivity (Wildman–Crippen MR) is 119 cm³/mol. The smallest absolute Gasteiger partial charge is 0.279 e. The van der Waals surface area contributed by atoms with Crippen LogP contribution < -0.4 is 15.0 Å². The molecule has 1 heterocycles. The first-order valence-corrected chi connectivity index (χ1v) is 10.5. The average Bonchev–Trinajstić information content (AvgIpc) is 2.82. The Kier molecular flexibility index (Phi) is 6.59. The van der Waals surface area contributed by atoms with Crippen LogP contribution in [0.5, 0.6) is 11.5 Å². The molecule has 4 rings (SSSR count). The fourth-order valence-electron chi connectivity index (χ4n) is 3.66. The van der Waals surface area contributed by atoms with E-state index < -0.39 is 0 Å². The van der Waals surface area contributed by atoms with Gasteiger partial charge in [-0.3, -0.25) is 9.59 Å². The van der Waals surface area contributed by atoms with Gasteiger partial charge in [-0.2, -0.15) is 0 Å². The van der Waals surface area contributed by atoms with Crippen LogP contribution >= 0.6 is 0 Å². The molecule has 1 aliphatic rings. The van der Waals surface area contributed by atoms with Crippen LogP contribution in [0.2, 0.25) is 0 Å². The minimum Gasteiger partial charge on any atom is -0.455 e. The standard InChI is InChI=1S/C25H25N3O3/c29-24(26-22-13-7-8-14-23(22)31-21-11-5-2-6-12-21)19-27-15-17-28(18-16-27)25(30)20-9-3-1-4-10-20/h1-14H,15-19H2,(H,26,29)/p+1. The monoisotopic (exact) mass is 416 g/mol. The number of carbonyl (C=O) groups excluding carboxylic acids is 2. The van der Waals surface area contributed by atoms with Gasteiger partial charge >= 0.3 is 0 Å². The topological polar surface area (TPSA) is 63.1 Å². The van der Waals surface area contributed by atoms with Crippen molar-refractivity contribution < 1.29 is 19.2 Å². The minimum atomic E-state index is -0.0676. The van der Waals surface area contributed by atoms with Gasteiger partial charge in [0.2, 0.25) is 0 Å². The normalized spacial score (nSPS) is 14.1. The Labute approximate surface area is 182 Å². The van der Waals surface area contributed by atoms with Crippen LogP contribution in [-0.4, -0.2) is 49.4 Å². The van der Waals surface area contributed by atoms with Crippen molar-refractivity contribution in [3.8, 4) is 11.5 Å². The first kappa shape index (κ1) is 20.6. The van der Waals surface area contributed by atoms with E-state index in [9.17, 15) is 9.59 Å². The Morgan fingerprint density at radius 1 is 0.839 bits per heavy atom. The van der Waals surface area contributed by atoms with Gasteiger partial charge in [0, 0.05) is 5.56 Å². The molecule has 0 unspecified atom stereocenters. The predicted octanol–water partition coefficient (Wildman–Crippen LogP) is 2.46. The van der Waals surface area contributed by atoms with Crippen LogP contribution in [0.15, 0.2) is 84.9 Å². The van der Waals surface area contributed by atoms with E-state index in [0.717, 1.165) is 18.0 Å². The number of carbonyl (C=O) groups is 2. The molecule has 1 aliphatic heterocycles. The van der Waals surface area contributed by atoms with E-state index in [4.69, 9.17) is 4.74 Å². The molecule has 0 aromatic heterocycles. The Morgan fingerprint density at radius 3 is 2.16 bits per heavy atom. The summed E-state index contributed by atoms with van der Waals surface area (Å²) in [4.78, 5) is 28.3. The van der Waals surface area contributed by atoms with Crippen molar-refractivity contribution in [1.29, 1.82) is 0 Å². The second-order valence-electron chi connectivity index (χ2n) is 7.54. The number of nitrogens with one attached hydrogen (secondary N) is 2. The lowest BCUT2D eigenvalue weighted by atomic mass is 10.2. The lowest BCUT2D eigenvalue weighted by Gasteiger charge is -2.32. The zero-order valence-electron chi connectivity index (χ0n) is 17.3. The van der Waals surface area contributed by atoms with E-state index in [1.165, 1.54) is 0 Å². The van der Waals surface area contributed by atoms with E-state index in [0.29, 0.717) is 42.4 Å². The first-order chi connectivity index (χ1) is 15.2. The summed E-state index contributed by atoms with van der Waals surface area (Å²) in [6.45, 7) is 3.13. The van der Waals surface area contributed by atoms with Gasteiger partial charge in [-0.25, -0.2) is 0 Å². The zero-order valence-corrected chi connectivity index (χ0v) is 17.3. The van der Waals surface area contributed by atoms with Crippen LogP contribution in [-0.2, 0) is 4.79 Å².